The van der Waals surface area contributed by atoms with Crippen molar-refractivity contribution < 1.29 is 13.2 Å². The van der Waals surface area contributed by atoms with Crippen molar-refractivity contribution in [2.45, 2.75) is 25.1 Å². The van der Waals surface area contributed by atoms with Gasteiger partial charge in [-0.3, -0.25) is 0 Å². The third-order valence-electron chi connectivity index (χ3n) is 3.24. The van der Waals surface area contributed by atoms with Gasteiger partial charge >= 0.3 is 6.18 Å². The van der Waals surface area contributed by atoms with Crippen LogP contribution in [0.2, 0.25) is 0 Å². The van der Waals surface area contributed by atoms with Gasteiger partial charge in [0.2, 0.25) is 0 Å². The maximum absolute atomic E-state index is 12.9. The van der Waals surface area contributed by atoms with E-state index in [4.69, 9.17) is 0 Å². The fourth-order valence-electron chi connectivity index (χ4n) is 2.24. The van der Waals surface area contributed by atoms with Crippen LogP contribution in [0.15, 0.2) is 18.3 Å². The normalized spacial score (nSPS) is 18.7. The molecule has 0 aromatic carbocycles. The summed E-state index contributed by atoms with van der Waals surface area (Å²) in [6.45, 7) is 1.63. The molecule has 1 aliphatic heterocycles. The molecule has 1 N–H and O–H groups in total. The zero-order valence-corrected chi connectivity index (χ0v) is 12.6. The number of nitrogens with one attached hydrogen (secondary N) is 1. The van der Waals surface area contributed by atoms with E-state index in [2.05, 4.69) is 10.3 Å². The molecule has 1 saturated heterocycles. The van der Waals surface area contributed by atoms with Crippen LogP contribution >= 0.6 is 24.8 Å². The molecule has 2 heterocycles. The van der Waals surface area contributed by atoms with Crippen molar-refractivity contribution in [2.24, 2.45) is 0 Å². The first-order chi connectivity index (χ1) is 8.50. The van der Waals surface area contributed by atoms with E-state index >= 15 is 0 Å². The van der Waals surface area contributed by atoms with Gasteiger partial charge in [0.15, 0.2) is 0 Å². The van der Waals surface area contributed by atoms with Crippen molar-refractivity contribution in [3.8, 4) is 0 Å². The van der Waals surface area contributed by atoms with Crippen molar-refractivity contribution in [1.29, 1.82) is 0 Å². The minimum atomic E-state index is -4.36. The Morgan fingerprint density at radius 1 is 1.35 bits per heavy atom. The highest BCUT2D eigenvalue weighted by Gasteiger charge is 2.36. The van der Waals surface area contributed by atoms with Gasteiger partial charge in [-0.15, -0.1) is 24.8 Å². The summed E-state index contributed by atoms with van der Waals surface area (Å²) >= 11 is 0. The third kappa shape index (κ3) is 4.40. The van der Waals surface area contributed by atoms with Gasteiger partial charge in [0.25, 0.3) is 0 Å². The van der Waals surface area contributed by atoms with Crippen LogP contribution in [0.4, 0.5) is 19.0 Å². The van der Waals surface area contributed by atoms with E-state index < -0.39 is 11.7 Å². The third-order valence-corrected chi connectivity index (χ3v) is 3.24. The second kappa shape index (κ2) is 7.90. The van der Waals surface area contributed by atoms with E-state index in [1.807, 2.05) is 0 Å². The van der Waals surface area contributed by atoms with Crippen molar-refractivity contribution in [2.75, 3.05) is 25.0 Å². The van der Waals surface area contributed by atoms with E-state index in [-0.39, 0.29) is 36.7 Å². The number of nitrogens with zero attached hydrogens (tertiary/aromatic N) is 2. The number of hydrogen-bond donors (Lipinski definition) is 1. The van der Waals surface area contributed by atoms with Crippen LogP contribution in [0.1, 0.15) is 18.4 Å². The van der Waals surface area contributed by atoms with Gasteiger partial charge in [0, 0.05) is 25.8 Å². The Kier molecular flexibility index (Phi) is 7.62. The minimum Gasteiger partial charge on any atom is -0.355 e. The number of alkyl halides is 3. The van der Waals surface area contributed by atoms with Gasteiger partial charge in [0.1, 0.15) is 5.82 Å². The summed E-state index contributed by atoms with van der Waals surface area (Å²) in [6.07, 6.45) is -1.10. The lowest BCUT2D eigenvalue weighted by molar-refractivity contribution is -0.137. The molecule has 1 aromatic heterocycles. The van der Waals surface area contributed by atoms with Gasteiger partial charge in [-0.2, -0.15) is 13.2 Å². The highest BCUT2D eigenvalue weighted by atomic mass is 35.5. The lowest BCUT2D eigenvalue weighted by Crippen LogP contribution is -2.45. The van der Waals surface area contributed by atoms with E-state index in [1.54, 1.807) is 11.9 Å². The van der Waals surface area contributed by atoms with E-state index in [0.717, 1.165) is 25.5 Å². The minimum absolute atomic E-state index is 0. The number of aromatic nitrogens is 1. The molecule has 3 nitrogen and oxygen atoms in total. The predicted molar refractivity (Wildman–Crippen MR) is 78.0 cm³/mol. The van der Waals surface area contributed by atoms with Crippen molar-refractivity contribution in [3.05, 3.63) is 23.9 Å². The molecule has 0 radical (unpaired) electrons. The molecule has 8 heteroatoms. The fourth-order valence-corrected chi connectivity index (χ4v) is 2.24. The van der Waals surface area contributed by atoms with Crippen LogP contribution in [0.5, 0.6) is 0 Å². The first-order valence-corrected chi connectivity index (χ1v) is 5.96. The molecule has 1 atom stereocenters. The van der Waals surface area contributed by atoms with Crippen LogP contribution in [-0.2, 0) is 6.18 Å². The van der Waals surface area contributed by atoms with Gasteiger partial charge in [-0.1, -0.05) is 0 Å². The molecular formula is C12H18Cl2F3N3. The second-order valence-electron chi connectivity index (χ2n) is 4.48. The highest BCUT2D eigenvalue weighted by molar-refractivity contribution is 5.85. The zero-order valence-electron chi connectivity index (χ0n) is 11.0. The fraction of sp³-hybridized carbons (Fsp3) is 0.583. The van der Waals surface area contributed by atoms with Crippen LogP contribution in [-0.4, -0.2) is 31.2 Å². The number of likely N-dealkylation sites (N-methyl/N-ethyl adjacent to an activating group) is 1. The SMILES string of the molecule is CN(c1ncccc1C(F)(F)F)C1CCCNC1.Cl.Cl. The Labute approximate surface area is 128 Å². The summed E-state index contributed by atoms with van der Waals surface area (Å²) in [5.74, 6) is 0.0127. The first-order valence-electron chi connectivity index (χ1n) is 5.96. The molecule has 20 heavy (non-hydrogen) atoms. The number of anilines is 1. The van der Waals surface area contributed by atoms with Crippen molar-refractivity contribution >= 4 is 30.6 Å². The van der Waals surface area contributed by atoms with Gasteiger partial charge in [-0.25, -0.2) is 4.98 Å². The van der Waals surface area contributed by atoms with Crippen LogP contribution in [0, 0.1) is 0 Å². The molecule has 0 aliphatic carbocycles. The zero-order chi connectivity index (χ0) is 13.2. The molecule has 1 fully saturated rings. The Hall–Kier alpha value is -0.720. The van der Waals surface area contributed by atoms with E-state index in [0.29, 0.717) is 6.54 Å². The molecule has 0 saturated carbocycles. The standard InChI is InChI=1S/C12H16F3N3.2ClH/c1-18(9-4-2-6-16-8-9)11-10(12(13,14)15)5-3-7-17-11;;/h3,5,7,9,16H,2,4,6,8H2,1H3;2*1H. The Morgan fingerprint density at radius 3 is 2.60 bits per heavy atom. The molecule has 1 aliphatic rings. The average Bonchev–Trinajstić information content (AvgIpc) is 2.38. The summed E-state index contributed by atoms with van der Waals surface area (Å²) in [5.41, 5.74) is -0.668. The summed E-state index contributed by atoms with van der Waals surface area (Å²) in [4.78, 5) is 5.53. The molecule has 0 bridgehead atoms. The summed E-state index contributed by atoms with van der Waals surface area (Å²) in [5, 5.41) is 3.19. The largest absolute Gasteiger partial charge is 0.419 e. The summed E-state index contributed by atoms with van der Waals surface area (Å²) in [6, 6.07) is 2.46. The second-order valence-corrected chi connectivity index (χ2v) is 4.48. The molecule has 1 aromatic rings. The number of rotatable bonds is 2. The summed E-state index contributed by atoms with van der Waals surface area (Å²) in [7, 11) is 1.68. The highest BCUT2D eigenvalue weighted by Crippen LogP contribution is 2.35. The van der Waals surface area contributed by atoms with Crippen molar-refractivity contribution in [3.63, 3.8) is 0 Å². The average molecular weight is 332 g/mol. The Balaban J connectivity index is 0.00000180. The quantitative estimate of drug-likeness (QED) is 0.902. The summed E-state index contributed by atoms with van der Waals surface area (Å²) < 4.78 is 38.7. The van der Waals surface area contributed by atoms with Crippen LogP contribution in [0.25, 0.3) is 0 Å². The topological polar surface area (TPSA) is 28.2 Å². The van der Waals surface area contributed by atoms with Crippen molar-refractivity contribution in [1.82, 2.24) is 10.3 Å². The van der Waals surface area contributed by atoms with Gasteiger partial charge in [-0.05, 0) is 31.5 Å². The molecular weight excluding hydrogens is 314 g/mol. The Morgan fingerprint density at radius 2 is 2.05 bits per heavy atom. The van der Waals surface area contributed by atoms with E-state index in [9.17, 15) is 13.2 Å². The molecule has 2 rings (SSSR count). The van der Waals surface area contributed by atoms with Gasteiger partial charge < -0.3 is 10.2 Å². The maximum atomic E-state index is 12.9. The lowest BCUT2D eigenvalue weighted by atomic mass is 10.1. The number of hydrogen-bond acceptors (Lipinski definition) is 3. The van der Waals surface area contributed by atoms with Crippen LogP contribution < -0.4 is 10.2 Å². The molecule has 0 spiro atoms. The van der Waals surface area contributed by atoms with E-state index in [1.165, 1.54) is 12.3 Å². The number of halogens is 5. The lowest BCUT2D eigenvalue weighted by Gasteiger charge is -2.33. The first kappa shape index (κ1) is 19.3. The predicted octanol–water partition coefficient (Wildman–Crippen LogP) is 3.13. The monoisotopic (exact) mass is 331 g/mol. The molecule has 0 amide bonds. The smallest absolute Gasteiger partial charge is 0.355 e. The Bertz CT molecular complexity index is 409. The maximum Gasteiger partial charge on any atom is 0.419 e. The van der Waals surface area contributed by atoms with Gasteiger partial charge in [0.05, 0.1) is 5.56 Å². The molecule has 116 valence electrons. The molecule has 1 unspecified atom stereocenters. The number of pyridine rings is 1. The number of piperidine rings is 1. The van der Waals surface area contributed by atoms with Crippen LogP contribution in [0.3, 0.4) is 0 Å².